The number of hydrogen-bond donors (Lipinski definition) is 1. The van der Waals surface area contributed by atoms with E-state index in [4.69, 9.17) is 5.73 Å². The Morgan fingerprint density at radius 1 is 1.29 bits per heavy atom. The zero-order valence-electron chi connectivity index (χ0n) is 8.15. The van der Waals surface area contributed by atoms with E-state index in [2.05, 4.69) is 4.98 Å². The first kappa shape index (κ1) is 10.7. The van der Waals surface area contributed by atoms with Gasteiger partial charge in [0.1, 0.15) is 0 Å². The fraction of sp³-hybridized carbons (Fsp3) is 0.200. The van der Waals surface area contributed by atoms with E-state index in [-0.39, 0.29) is 5.56 Å². The van der Waals surface area contributed by atoms with Gasteiger partial charge in [-0.3, -0.25) is 4.79 Å². The molecule has 0 aliphatic carbocycles. The SMILES string of the molecule is C/C=C\c1sc(N)nc(=O)c1/C=C\C. The quantitative estimate of drug-likeness (QED) is 0.810. The Morgan fingerprint density at radius 2 is 1.93 bits per heavy atom. The number of nitrogens with zero attached hydrogens (tertiary/aromatic N) is 1. The smallest absolute Gasteiger partial charge is 0.281 e. The molecule has 2 N–H and O–H groups in total. The maximum atomic E-state index is 11.5. The summed E-state index contributed by atoms with van der Waals surface area (Å²) in [6.07, 6.45) is 7.30. The average Bonchev–Trinajstić information content (AvgIpc) is 2.11. The lowest BCUT2D eigenvalue weighted by Gasteiger charge is -1.98. The van der Waals surface area contributed by atoms with Gasteiger partial charge in [0, 0.05) is 4.88 Å². The first-order chi connectivity index (χ1) is 6.69. The van der Waals surface area contributed by atoms with Crippen LogP contribution < -0.4 is 11.3 Å². The third-order valence-electron chi connectivity index (χ3n) is 1.57. The van der Waals surface area contributed by atoms with E-state index in [1.54, 1.807) is 6.08 Å². The molecule has 0 fully saturated rings. The highest BCUT2D eigenvalue weighted by molar-refractivity contribution is 7.16. The summed E-state index contributed by atoms with van der Waals surface area (Å²) in [5, 5.41) is 0.302. The van der Waals surface area contributed by atoms with E-state index < -0.39 is 0 Å². The number of aromatic nitrogens is 1. The highest BCUT2D eigenvalue weighted by Crippen LogP contribution is 2.17. The fourth-order valence-corrected chi connectivity index (χ4v) is 1.87. The molecule has 3 nitrogen and oxygen atoms in total. The molecule has 0 aromatic carbocycles. The minimum atomic E-state index is -0.271. The Morgan fingerprint density at radius 3 is 2.50 bits per heavy atom. The van der Waals surface area contributed by atoms with E-state index in [1.807, 2.05) is 32.1 Å². The molecule has 0 saturated carbocycles. The second-order valence-corrected chi connectivity index (χ2v) is 3.70. The average molecular weight is 208 g/mol. The van der Waals surface area contributed by atoms with E-state index in [9.17, 15) is 4.79 Å². The van der Waals surface area contributed by atoms with Crippen molar-refractivity contribution in [1.29, 1.82) is 0 Å². The van der Waals surface area contributed by atoms with Gasteiger partial charge in [-0.25, -0.2) is 0 Å². The standard InChI is InChI=1S/C10H12N2OS/c1-3-5-7-8(6-4-2)14-10(11)12-9(7)13/h3-6H,1-2H3,(H2,11,12,13)/b5-3-,6-4-. The van der Waals surface area contributed by atoms with Gasteiger partial charge in [0.2, 0.25) is 0 Å². The highest BCUT2D eigenvalue weighted by atomic mass is 32.1. The predicted molar refractivity (Wildman–Crippen MR) is 62.2 cm³/mol. The molecule has 0 unspecified atom stereocenters. The third-order valence-corrected chi connectivity index (χ3v) is 2.45. The molecule has 1 aromatic rings. The Balaban J connectivity index is 3.44. The molecule has 0 amide bonds. The summed E-state index contributed by atoms with van der Waals surface area (Å²) in [6, 6.07) is 0. The van der Waals surface area contributed by atoms with Crippen LogP contribution in [0.4, 0.5) is 5.13 Å². The number of nitrogens with two attached hydrogens (primary N) is 1. The lowest BCUT2D eigenvalue weighted by Crippen LogP contribution is -2.11. The second-order valence-electron chi connectivity index (χ2n) is 2.64. The fourth-order valence-electron chi connectivity index (χ4n) is 1.05. The molecular formula is C10H12N2OS. The lowest BCUT2D eigenvalue weighted by molar-refractivity contribution is 1.27. The van der Waals surface area contributed by atoms with Crippen molar-refractivity contribution < 1.29 is 0 Å². The molecule has 0 aliphatic heterocycles. The molecule has 0 aliphatic rings. The van der Waals surface area contributed by atoms with Gasteiger partial charge in [-0.15, -0.1) is 0 Å². The summed E-state index contributed by atoms with van der Waals surface area (Å²) in [4.78, 5) is 16.0. The topological polar surface area (TPSA) is 56.0 Å². The van der Waals surface area contributed by atoms with Crippen molar-refractivity contribution in [2.24, 2.45) is 0 Å². The maximum Gasteiger partial charge on any atom is 0.281 e. The number of allylic oxidation sites excluding steroid dienone is 2. The van der Waals surface area contributed by atoms with Crippen LogP contribution in [0.2, 0.25) is 0 Å². The number of hydrogen-bond acceptors (Lipinski definition) is 4. The molecule has 1 aromatic heterocycles. The van der Waals surface area contributed by atoms with E-state index in [0.717, 1.165) is 4.88 Å². The number of rotatable bonds is 2. The van der Waals surface area contributed by atoms with Crippen molar-refractivity contribution in [3.05, 3.63) is 32.9 Å². The molecule has 0 saturated heterocycles. The summed E-state index contributed by atoms with van der Waals surface area (Å²) in [5.74, 6) is 0. The van der Waals surface area contributed by atoms with Crippen LogP contribution in [0.15, 0.2) is 16.9 Å². The maximum absolute atomic E-state index is 11.5. The Kier molecular flexibility index (Phi) is 3.59. The van der Waals surface area contributed by atoms with Crippen molar-refractivity contribution in [2.75, 3.05) is 5.73 Å². The van der Waals surface area contributed by atoms with Gasteiger partial charge < -0.3 is 5.73 Å². The monoisotopic (exact) mass is 208 g/mol. The van der Waals surface area contributed by atoms with Crippen LogP contribution >= 0.6 is 11.3 Å². The first-order valence-corrected chi connectivity index (χ1v) is 5.06. The Hall–Kier alpha value is -1.42. The summed E-state index contributed by atoms with van der Waals surface area (Å²) in [6.45, 7) is 3.76. The van der Waals surface area contributed by atoms with Crippen molar-refractivity contribution in [3.63, 3.8) is 0 Å². The van der Waals surface area contributed by atoms with E-state index >= 15 is 0 Å². The summed E-state index contributed by atoms with van der Waals surface area (Å²) >= 11 is 1.31. The minimum Gasteiger partial charge on any atom is -0.375 e. The molecule has 14 heavy (non-hydrogen) atoms. The zero-order chi connectivity index (χ0) is 10.6. The van der Waals surface area contributed by atoms with Crippen LogP contribution in [-0.2, 0) is 0 Å². The highest BCUT2D eigenvalue weighted by Gasteiger charge is 2.04. The van der Waals surface area contributed by atoms with E-state index in [1.165, 1.54) is 11.3 Å². The van der Waals surface area contributed by atoms with Gasteiger partial charge in [0.15, 0.2) is 5.13 Å². The van der Waals surface area contributed by atoms with Crippen molar-refractivity contribution in [3.8, 4) is 0 Å². The molecule has 1 heterocycles. The molecule has 0 bridgehead atoms. The molecule has 0 atom stereocenters. The van der Waals surface area contributed by atoms with Gasteiger partial charge in [0.05, 0.1) is 5.56 Å². The Bertz CT molecular complexity index is 432. The molecular weight excluding hydrogens is 196 g/mol. The second kappa shape index (κ2) is 4.72. The lowest BCUT2D eigenvalue weighted by atomic mass is 10.2. The van der Waals surface area contributed by atoms with Crippen LogP contribution in [-0.4, -0.2) is 4.98 Å². The van der Waals surface area contributed by atoms with Crippen LogP contribution in [0.5, 0.6) is 0 Å². The van der Waals surface area contributed by atoms with E-state index in [0.29, 0.717) is 10.7 Å². The van der Waals surface area contributed by atoms with Crippen molar-refractivity contribution in [2.45, 2.75) is 13.8 Å². The zero-order valence-corrected chi connectivity index (χ0v) is 8.97. The van der Waals surface area contributed by atoms with Crippen LogP contribution in [0.3, 0.4) is 0 Å². The van der Waals surface area contributed by atoms with Gasteiger partial charge >= 0.3 is 0 Å². The first-order valence-electron chi connectivity index (χ1n) is 4.25. The van der Waals surface area contributed by atoms with Gasteiger partial charge in [-0.05, 0) is 19.9 Å². The number of anilines is 1. The molecule has 74 valence electrons. The molecule has 4 heteroatoms. The Labute approximate surface area is 86.6 Å². The van der Waals surface area contributed by atoms with Crippen molar-refractivity contribution in [1.82, 2.24) is 4.98 Å². The molecule has 1 rings (SSSR count). The van der Waals surface area contributed by atoms with Crippen molar-refractivity contribution >= 4 is 28.6 Å². The summed E-state index contributed by atoms with van der Waals surface area (Å²) in [7, 11) is 0. The normalized spacial score (nSPS) is 11.6. The number of nitrogen functional groups attached to an aromatic ring is 1. The largest absolute Gasteiger partial charge is 0.375 e. The van der Waals surface area contributed by atoms with Gasteiger partial charge in [-0.2, -0.15) is 4.98 Å². The summed E-state index contributed by atoms with van der Waals surface area (Å²) < 4.78 is 0. The molecule has 0 radical (unpaired) electrons. The van der Waals surface area contributed by atoms with Crippen LogP contribution in [0.1, 0.15) is 24.3 Å². The van der Waals surface area contributed by atoms with Crippen LogP contribution in [0.25, 0.3) is 12.2 Å². The van der Waals surface area contributed by atoms with Gasteiger partial charge in [-0.1, -0.05) is 29.6 Å². The molecule has 0 spiro atoms. The minimum absolute atomic E-state index is 0.271. The predicted octanol–water partition coefficient (Wildman–Crippen LogP) is 2.15. The third kappa shape index (κ3) is 2.29. The van der Waals surface area contributed by atoms with Gasteiger partial charge in [0.25, 0.3) is 5.56 Å². The summed E-state index contributed by atoms with van der Waals surface area (Å²) in [5.41, 5.74) is 5.83. The van der Waals surface area contributed by atoms with Crippen LogP contribution in [0, 0.1) is 0 Å².